The van der Waals surface area contributed by atoms with Crippen LogP contribution in [0.5, 0.6) is 0 Å². The van der Waals surface area contributed by atoms with Gasteiger partial charge in [0.2, 0.25) is 0 Å². The van der Waals surface area contributed by atoms with Crippen molar-refractivity contribution >= 4 is 24.6 Å². The van der Waals surface area contributed by atoms with E-state index in [1.54, 1.807) is 41.5 Å². The summed E-state index contributed by atoms with van der Waals surface area (Å²) in [5.74, 6) is -1.31. The van der Waals surface area contributed by atoms with Crippen LogP contribution in [0.25, 0.3) is 0 Å². The molecule has 0 bridgehead atoms. The Morgan fingerprint density at radius 3 is 1.58 bits per heavy atom. The van der Waals surface area contributed by atoms with Crippen LogP contribution >= 0.6 is 12.6 Å². The molecule has 0 saturated carbocycles. The van der Waals surface area contributed by atoms with Gasteiger partial charge in [-0.3, -0.25) is 9.59 Å². The van der Waals surface area contributed by atoms with Crippen LogP contribution in [0.1, 0.15) is 54.4 Å². The highest BCUT2D eigenvalue weighted by molar-refractivity contribution is 7.80. The monoisotopic (exact) mass is 290 g/mol. The van der Waals surface area contributed by atoms with Crippen LogP contribution in [-0.4, -0.2) is 28.9 Å². The van der Waals surface area contributed by atoms with E-state index in [4.69, 9.17) is 9.47 Å². The Labute approximate surface area is 121 Å². The van der Waals surface area contributed by atoms with Crippen LogP contribution in [0.4, 0.5) is 0 Å². The van der Waals surface area contributed by atoms with Crippen molar-refractivity contribution in [1.82, 2.24) is 0 Å². The van der Waals surface area contributed by atoms with Gasteiger partial charge in [-0.1, -0.05) is 0 Å². The van der Waals surface area contributed by atoms with Gasteiger partial charge in [0, 0.05) is 0 Å². The molecule has 4 nitrogen and oxygen atoms in total. The van der Waals surface area contributed by atoms with E-state index in [-0.39, 0.29) is 0 Å². The summed E-state index contributed by atoms with van der Waals surface area (Å²) in [5, 5.41) is 0. The van der Waals surface area contributed by atoms with Crippen LogP contribution in [0, 0.1) is 5.92 Å². The number of hydrogen-bond acceptors (Lipinski definition) is 5. The quantitative estimate of drug-likeness (QED) is 0.480. The maximum absolute atomic E-state index is 12.0. The SMILES string of the molecule is CC(C)(C)OC(=O)C(CCCS)C(=O)OC(C)(C)C. The van der Waals surface area contributed by atoms with Gasteiger partial charge in [0.05, 0.1) is 0 Å². The van der Waals surface area contributed by atoms with Gasteiger partial charge in [-0.05, 0) is 60.1 Å². The average Bonchev–Trinajstić information content (AvgIpc) is 2.12. The smallest absolute Gasteiger partial charge is 0.320 e. The van der Waals surface area contributed by atoms with Crippen molar-refractivity contribution in [3.63, 3.8) is 0 Å². The Morgan fingerprint density at radius 1 is 0.947 bits per heavy atom. The molecule has 0 spiro atoms. The fourth-order valence-electron chi connectivity index (χ4n) is 1.37. The highest BCUT2D eigenvalue weighted by Gasteiger charge is 2.34. The molecular formula is C14H26O4S. The molecule has 112 valence electrons. The van der Waals surface area contributed by atoms with E-state index in [2.05, 4.69) is 12.6 Å². The zero-order valence-electron chi connectivity index (χ0n) is 12.8. The standard InChI is InChI=1S/C14H26O4S/c1-13(2,3)17-11(15)10(8-7-9-19)12(16)18-14(4,5)6/h10,19H,7-9H2,1-6H3. The van der Waals surface area contributed by atoms with Gasteiger partial charge >= 0.3 is 11.9 Å². The summed E-state index contributed by atoms with van der Waals surface area (Å²) in [5.41, 5.74) is -1.23. The predicted molar refractivity (Wildman–Crippen MR) is 78.3 cm³/mol. The summed E-state index contributed by atoms with van der Waals surface area (Å²) in [6.45, 7) is 10.6. The second-order valence-electron chi connectivity index (χ2n) is 6.49. The summed E-state index contributed by atoms with van der Waals surface area (Å²) in [4.78, 5) is 24.1. The molecule has 0 amide bonds. The van der Waals surface area contributed by atoms with E-state index in [1.807, 2.05) is 0 Å². The lowest BCUT2D eigenvalue weighted by Crippen LogP contribution is -2.37. The summed E-state index contributed by atoms with van der Waals surface area (Å²) in [6.07, 6.45) is 1.06. The van der Waals surface area contributed by atoms with E-state index in [1.165, 1.54) is 0 Å². The van der Waals surface area contributed by atoms with Crippen LogP contribution in [-0.2, 0) is 19.1 Å². The average molecular weight is 290 g/mol. The molecular weight excluding hydrogens is 264 g/mol. The molecule has 0 aliphatic heterocycles. The Balaban J connectivity index is 4.80. The molecule has 0 aromatic carbocycles. The van der Waals surface area contributed by atoms with Gasteiger partial charge in [-0.15, -0.1) is 0 Å². The molecule has 19 heavy (non-hydrogen) atoms. The highest BCUT2D eigenvalue weighted by atomic mass is 32.1. The Bertz CT molecular complexity index is 284. The molecule has 0 aromatic rings. The number of rotatable bonds is 5. The number of thiol groups is 1. The molecule has 0 fully saturated rings. The fraction of sp³-hybridized carbons (Fsp3) is 0.857. The lowest BCUT2D eigenvalue weighted by atomic mass is 10.0. The molecule has 0 atom stereocenters. The minimum Gasteiger partial charge on any atom is -0.459 e. The van der Waals surface area contributed by atoms with Gasteiger partial charge in [0.25, 0.3) is 0 Å². The van der Waals surface area contributed by atoms with E-state index >= 15 is 0 Å². The molecule has 5 heteroatoms. The molecule has 0 aliphatic carbocycles. The van der Waals surface area contributed by atoms with Gasteiger partial charge in [-0.25, -0.2) is 0 Å². The maximum atomic E-state index is 12.0. The zero-order valence-corrected chi connectivity index (χ0v) is 13.7. The first kappa shape index (κ1) is 18.3. The normalized spacial score (nSPS) is 12.4. The molecule has 0 unspecified atom stereocenters. The first-order valence-electron chi connectivity index (χ1n) is 6.53. The van der Waals surface area contributed by atoms with E-state index < -0.39 is 29.1 Å². The van der Waals surface area contributed by atoms with E-state index in [0.717, 1.165) is 0 Å². The summed E-state index contributed by atoms with van der Waals surface area (Å²) < 4.78 is 10.5. The molecule has 0 aliphatic rings. The van der Waals surface area contributed by atoms with Crippen LogP contribution < -0.4 is 0 Å². The van der Waals surface area contributed by atoms with Crippen molar-refractivity contribution in [1.29, 1.82) is 0 Å². The summed E-state index contributed by atoms with van der Waals surface area (Å²) >= 11 is 4.10. The van der Waals surface area contributed by atoms with Gasteiger partial charge < -0.3 is 9.47 Å². The third-order valence-corrected chi connectivity index (χ3v) is 2.35. The predicted octanol–water partition coefficient (Wildman–Crippen LogP) is 3.00. The lowest BCUT2D eigenvalue weighted by Gasteiger charge is -2.26. The van der Waals surface area contributed by atoms with Gasteiger partial charge in [0.15, 0.2) is 5.92 Å². The molecule has 0 heterocycles. The second-order valence-corrected chi connectivity index (χ2v) is 6.93. The minimum absolute atomic E-state index is 0.396. The molecule has 0 radical (unpaired) electrons. The van der Waals surface area contributed by atoms with Crippen molar-refractivity contribution in [3.05, 3.63) is 0 Å². The van der Waals surface area contributed by atoms with Crippen molar-refractivity contribution in [3.8, 4) is 0 Å². The van der Waals surface area contributed by atoms with Crippen LogP contribution in [0.2, 0.25) is 0 Å². The number of ether oxygens (including phenoxy) is 2. The molecule has 0 saturated heterocycles. The Morgan fingerprint density at radius 2 is 1.32 bits per heavy atom. The van der Waals surface area contributed by atoms with E-state index in [0.29, 0.717) is 18.6 Å². The van der Waals surface area contributed by atoms with Gasteiger partial charge in [-0.2, -0.15) is 12.6 Å². The van der Waals surface area contributed by atoms with Gasteiger partial charge in [0.1, 0.15) is 11.2 Å². The lowest BCUT2D eigenvalue weighted by molar-refractivity contribution is -0.174. The zero-order chi connectivity index (χ0) is 15.3. The van der Waals surface area contributed by atoms with Crippen molar-refractivity contribution in [2.75, 3.05) is 5.75 Å². The third-order valence-electron chi connectivity index (χ3n) is 2.03. The topological polar surface area (TPSA) is 52.6 Å². The van der Waals surface area contributed by atoms with Crippen LogP contribution in [0.15, 0.2) is 0 Å². The Hall–Kier alpha value is -0.710. The number of carbonyl (C=O) groups excluding carboxylic acids is 2. The maximum Gasteiger partial charge on any atom is 0.320 e. The number of carbonyl (C=O) groups is 2. The largest absolute Gasteiger partial charge is 0.459 e. The summed E-state index contributed by atoms with van der Waals surface area (Å²) in [7, 11) is 0. The van der Waals surface area contributed by atoms with Crippen molar-refractivity contribution in [2.24, 2.45) is 5.92 Å². The highest BCUT2D eigenvalue weighted by Crippen LogP contribution is 2.20. The number of esters is 2. The summed E-state index contributed by atoms with van der Waals surface area (Å²) in [6, 6.07) is 0. The minimum atomic E-state index is -0.870. The van der Waals surface area contributed by atoms with Crippen molar-refractivity contribution in [2.45, 2.75) is 65.6 Å². The molecule has 0 N–H and O–H groups in total. The van der Waals surface area contributed by atoms with Crippen LogP contribution in [0.3, 0.4) is 0 Å². The first-order chi connectivity index (χ1) is 8.46. The first-order valence-corrected chi connectivity index (χ1v) is 7.16. The Kier molecular flexibility index (Phi) is 6.91. The van der Waals surface area contributed by atoms with Crippen molar-refractivity contribution < 1.29 is 19.1 Å². The molecule has 0 aromatic heterocycles. The fourth-order valence-corrected chi connectivity index (χ4v) is 1.56. The molecule has 0 rings (SSSR count). The second kappa shape index (κ2) is 7.17. The van der Waals surface area contributed by atoms with E-state index in [9.17, 15) is 9.59 Å². The number of hydrogen-bond donors (Lipinski definition) is 1. The third kappa shape index (κ3) is 8.92.